The van der Waals surface area contributed by atoms with Gasteiger partial charge in [0.25, 0.3) is 0 Å². The second kappa shape index (κ2) is 5.71. The normalized spacial score (nSPS) is 17.8. The number of hydrogen-bond acceptors (Lipinski definition) is 2. The Hall–Kier alpha value is -1.77. The van der Waals surface area contributed by atoms with Crippen LogP contribution in [0, 0.1) is 6.92 Å². The van der Waals surface area contributed by atoms with E-state index in [0.29, 0.717) is 12.5 Å². The molecule has 0 aliphatic heterocycles. The van der Waals surface area contributed by atoms with Gasteiger partial charge in [-0.25, -0.2) is 4.79 Å². The van der Waals surface area contributed by atoms with E-state index in [9.17, 15) is 4.79 Å². The highest BCUT2D eigenvalue weighted by Gasteiger charge is 2.17. The van der Waals surface area contributed by atoms with E-state index in [0.717, 1.165) is 18.5 Å². The molecule has 3 heteroatoms. The monoisotopic (exact) mass is 245 g/mol. The van der Waals surface area contributed by atoms with Crippen molar-refractivity contribution in [3.8, 4) is 0 Å². The predicted molar refractivity (Wildman–Crippen MR) is 72.9 cm³/mol. The van der Waals surface area contributed by atoms with Crippen molar-refractivity contribution in [3.63, 3.8) is 0 Å². The Bertz CT molecular complexity index is 466. The van der Waals surface area contributed by atoms with E-state index in [1.807, 2.05) is 12.1 Å². The van der Waals surface area contributed by atoms with Crippen molar-refractivity contribution in [2.75, 3.05) is 11.9 Å². The number of allylic oxidation sites excluding steroid dienone is 2. The van der Waals surface area contributed by atoms with Crippen molar-refractivity contribution in [2.24, 2.45) is 0 Å². The third kappa shape index (κ3) is 2.92. The quantitative estimate of drug-likeness (QED) is 0.817. The molecule has 0 saturated heterocycles. The van der Waals surface area contributed by atoms with Crippen LogP contribution >= 0.6 is 0 Å². The summed E-state index contributed by atoms with van der Waals surface area (Å²) in [6.07, 6.45) is 6.24. The van der Waals surface area contributed by atoms with Crippen molar-refractivity contribution in [1.29, 1.82) is 0 Å². The molecule has 0 spiro atoms. The molecule has 3 nitrogen and oxygen atoms in total. The van der Waals surface area contributed by atoms with Crippen molar-refractivity contribution < 1.29 is 9.53 Å². The Balaban J connectivity index is 2.23. The number of carbonyl (C=O) groups is 1. The molecule has 1 aromatic carbocycles. The van der Waals surface area contributed by atoms with Crippen molar-refractivity contribution in [2.45, 2.75) is 32.6 Å². The van der Waals surface area contributed by atoms with Gasteiger partial charge < -0.3 is 4.74 Å². The van der Waals surface area contributed by atoms with Gasteiger partial charge in [-0.15, -0.1) is 0 Å². The van der Waals surface area contributed by atoms with E-state index in [-0.39, 0.29) is 6.09 Å². The molecule has 96 valence electrons. The van der Waals surface area contributed by atoms with Crippen molar-refractivity contribution >= 4 is 11.8 Å². The molecule has 1 amide bonds. The standard InChI is InChI=1S/C15H19NO2/c1-3-18-15(17)16-14-9-8-11(2)10-13(14)12-6-4-5-7-12/h4,6,8-10,12H,3,5,7H2,1-2H3,(H,16,17). The maximum atomic E-state index is 11.5. The predicted octanol–water partition coefficient (Wildman–Crippen LogP) is 4.00. The molecule has 0 heterocycles. The number of aryl methyl sites for hydroxylation is 1. The molecule has 1 aromatic rings. The summed E-state index contributed by atoms with van der Waals surface area (Å²) in [5.41, 5.74) is 3.24. The Morgan fingerprint density at radius 1 is 1.50 bits per heavy atom. The molecule has 1 aliphatic rings. The Kier molecular flexibility index (Phi) is 4.03. The van der Waals surface area contributed by atoms with Gasteiger partial charge in [0.15, 0.2) is 0 Å². The fourth-order valence-corrected chi connectivity index (χ4v) is 2.27. The molecule has 1 aliphatic carbocycles. The number of hydrogen-bond donors (Lipinski definition) is 1. The van der Waals surface area contributed by atoms with Gasteiger partial charge in [-0.1, -0.05) is 29.8 Å². The lowest BCUT2D eigenvalue weighted by Gasteiger charge is -2.16. The molecule has 1 unspecified atom stereocenters. The number of carbonyl (C=O) groups excluding carboxylic acids is 1. The molecule has 0 fully saturated rings. The lowest BCUT2D eigenvalue weighted by atomic mass is 9.95. The van der Waals surface area contributed by atoms with Gasteiger partial charge in [0.1, 0.15) is 0 Å². The van der Waals surface area contributed by atoms with E-state index in [2.05, 4.69) is 30.5 Å². The first-order chi connectivity index (χ1) is 8.70. The third-order valence-electron chi connectivity index (χ3n) is 3.13. The zero-order valence-corrected chi connectivity index (χ0v) is 10.9. The summed E-state index contributed by atoms with van der Waals surface area (Å²) in [5.74, 6) is 0.404. The van der Waals surface area contributed by atoms with Crippen LogP contribution in [-0.4, -0.2) is 12.7 Å². The Morgan fingerprint density at radius 3 is 3.00 bits per heavy atom. The van der Waals surface area contributed by atoms with Gasteiger partial charge in [-0.05, 0) is 38.3 Å². The second-order valence-electron chi connectivity index (χ2n) is 4.55. The molecule has 1 atom stereocenters. The van der Waals surface area contributed by atoms with Gasteiger partial charge >= 0.3 is 6.09 Å². The van der Waals surface area contributed by atoms with Gasteiger partial charge in [0.05, 0.1) is 6.61 Å². The highest BCUT2D eigenvalue weighted by molar-refractivity contribution is 5.86. The molecule has 0 radical (unpaired) electrons. The summed E-state index contributed by atoms with van der Waals surface area (Å²) in [6.45, 7) is 4.25. The SMILES string of the molecule is CCOC(=O)Nc1ccc(C)cc1C1C=CCC1. The van der Waals surface area contributed by atoms with Crippen LogP contribution in [0.1, 0.15) is 36.8 Å². The minimum Gasteiger partial charge on any atom is -0.450 e. The van der Waals surface area contributed by atoms with E-state index in [4.69, 9.17) is 4.74 Å². The highest BCUT2D eigenvalue weighted by Crippen LogP contribution is 2.33. The summed E-state index contributed by atoms with van der Waals surface area (Å²) >= 11 is 0. The zero-order chi connectivity index (χ0) is 13.0. The van der Waals surface area contributed by atoms with Gasteiger partial charge in [0, 0.05) is 11.6 Å². The Morgan fingerprint density at radius 2 is 2.33 bits per heavy atom. The number of amides is 1. The molecule has 0 bridgehead atoms. The fourth-order valence-electron chi connectivity index (χ4n) is 2.27. The van der Waals surface area contributed by atoms with Crippen LogP contribution in [0.5, 0.6) is 0 Å². The van der Waals surface area contributed by atoms with Crippen LogP contribution in [0.15, 0.2) is 30.4 Å². The second-order valence-corrected chi connectivity index (χ2v) is 4.55. The minimum atomic E-state index is -0.385. The van der Waals surface area contributed by atoms with Crippen molar-refractivity contribution in [3.05, 3.63) is 41.5 Å². The average Bonchev–Trinajstić information content (AvgIpc) is 2.85. The molecular formula is C15H19NO2. The molecule has 0 saturated carbocycles. The smallest absolute Gasteiger partial charge is 0.411 e. The fraction of sp³-hybridized carbons (Fsp3) is 0.400. The van der Waals surface area contributed by atoms with E-state index >= 15 is 0 Å². The van der Waals surface area contributed by atoms with Crippen LogP contribution in [0.25, 0.3) is 0 Å². The van der Waals surface area contributed by atoms with Crippen LogP contribution < -0.4 is 5.32 Å². The molecule has 18 heavy (non-hydrogen) atoms. The molecule has 1 N–H and O–H groups in total. The van der Waals surface area contributed by atoms with Gasteiger partial charge in [-0.2, -0.15) is 0 Å². The maximum absolute atomic E-state index is 11.5. The molecular weight excluding hydrogens is 226 g/mol. The molecule has 2 rings (SSSR count). The first-order valence-electron chi connectivity index (χ1n) is 6.41. The number of anilines is 1. The Labute approximate surface area is 108 Å². The van der Waals surface area contributed by atoms with Crippen LogP contribution in [0.2, 0.25) is 0 Å². The van der Waals surface area contributed by atoms with E-state index < -0.39 is 0 Å². The highest BCUT2D eigenvalue weighted by atomic mass is 16.5. The lowest BCUT2D eigenvalue weighted by Crippen LogP contribution is -2.15. The third-order valence-corrected chi connectivity index (χ3v) is 3.13. The first kappa shape index (κ1) is 12.7. The number of benzene rings is 1. The maximum Gasteiger partial charge on any atom is 0.411 e. The molecule has 0 aromatic heterocycles. The summed E-state index contributed by atoms with van der Waals surface area (Å²) in [7, 11) is 0. The summed E-state index contributed by atoms with van der Waals surface area (Å²) < 4.78 is 4.93. The topological polar surface area (TPSA) is 38.3 Å². The summed E-state index contributed by atoms with van der Waals surface area (Å²) in [5, 5.41) is 2.82. The van der Waals surface area contributed by atoms with Crippen LogP contribution in [-0.2, 0) is 4.74 Å². The first-order valence-corrected chi connectivity index (χ1v) is 6.41. The van der Waals surface area contributed by atoms with Crippen LogP contribution in [0.3, 0.4) is 0 Å². The number of rotatable bonds is 3. The van der Waals surface area contributed by atoms with Gasteiger partial charge in [0.2, 0.25) is 0 Å². The lowest BCUT2D eigenvalue weighted by molar-refractivity contribution is 0.168. The summed E-state index contributed by atoms with van der Waals surface area (Å²) in [6, 6.07) is 6.10. The largest absolute Gasteiger partial charge is 0.450 e. The van der Waals surface area contributed by atoms with Crippen molar-refractivity contribution in [1.82, 2.24) is 0 Å². The van der Waals surface area contributed by atoms with E-state index in [1.54, 1.807) is 6.92 Å². The summed E-state index contributed by atoms with van der Waals surface area (Å²) in [4.78, 5) is 11.5. The van der Waals surface area contributed by atoms with Gasteiger partial charge in [-0.3, -0.25) is 5.32 Å². The zero-order valence-electron chi connectivity index (χ0n) is 10.9. The number of ether oxygens (including phenoxy) is 1. The minimum absolute atomic E-state index is 0.385. The average molecular weight is 245 g/mol. The number of nitrogens with one attached hydrogen (secondary N) is 1. The van der Waals surface area contributed by atoms with E-state index in [1.165, 1.54) is 11.1 Å². The van der Waals surface area contributed by atoms with Crippen LogP contribution in [0.4, 0.5) is 10.5 Å².